The van der Waals surface area contributed by atoms with Crippen molar-refractivity contribution >= 4 is 12.0 Å². The first-order chi connectivity index (χ1) is 11.2. The lowest BCUT2D eigenvalue weighted by molar-refractivity contribution is -0.129. The molecule has 1 saturated heterocycles. The van der Waals surface area contributed by atoms with E-state index in [1.54, 1.807) is 0 Å². The van der Waals surface area contributed by atoms with Gasteiger partial charge in [0.15, 0.2) is 0 Å². The van der Waals surface area contributed by atoms with Crippen LogP contribution in [0.15, 0.2) is 30.3 Å². The summed E-state index contributed by atoms with van der Waals surface area (Å²) in [6.45, 7) is 3.57. The number of nitrogens with zero attached hydrogens (tertiary/aromatic N) is 1. The Morgan fingerprint density at radius 2 is 2.09 bits per heavy atom. The van der Waals surface area contributed by atoms with E-state index in [0.29, 0.717) is 26.2 Å². The monoisotopic (exact) mass is 319 g/mol. The van der Waals surface area contributed by atoms with Gasteiger partial charge in [0, 0.05) is 13.0 Å². The number of benzene rings is 1. The van der Waals surface area contributed by atoms with E-state index in [4.69, 9.17) is 9.47 Å². The van der Waals surface area contributed by atoms with Crippen LogP contribution in [0.5, 0.6) is 0 Å². The molecule has 5 nitrogen and oxygen atoms in total. The predicted octanol–water partition coefficient (Wildman–Crippen LogP) is 3.52. The lowest BCUT2D eigenvalue weighted by atomic mass is 10.1. The first-order valence-electron chi connectivity index (χ1n) is 8.33. The van der Waals surface area contributed by atoms with Crippen LogP contribution in [0, 0.1) is 0 Å². The first-order valence-corrected chi connectivity index (χ1v) is 8.33. The Balaban J connectivity index is 1.62. The molecule has 0 spiro atoms. The van der Waals surface area contributed by atoms with Gasteiger partial charge in [-0.2, -0.15) is 0 Å². The summed E-state index contributed by atoms with van der Waals surface area (Å²) in [5.41, 5.74) is 1.14. The molecule has 0 bridgehead atoms. The summed E-state index contributed by atoms with van der Waals surface area (Å²) in [5, 5.41) is 0. The highest BCUT2D eigenvalue weighted by Crippen LogP contribution is 2.18. The number of amides is 2. The van der Waals surface area contributed by atoms with Gasteiger partial charge >= 0.3 is 6.09 Å². The summed E-state index contributed by atoms with van der Waals surface area (Å²) in [6, 6.07) is 9.91. The van der Waals surface area contributed by atoms with Crippen LogP contribution in [0.2, 0.25) is 0 Å². The zero-order chi connectivity index (χ0) is 16.5. The molecule has 1 atom stereocenters. The van der Waals surface area contributed by atoms with Crippen LogP contribution >= 0.6 is 0 Å². The minimum Gasteiger partial charge on any atom is -0.447 e. The van der Waals surface area contributed by atoms with Crippen molar-refractivity contribution in [3.63, 3.8) is 0 Å². The molecule has 126 valence electrons. The molecule has 1 unspecified atom stereocenters. The van der Waals surface area contributed by atoms with Crippen molar-refractivity contribution < 1.29 is 19.1 Å². The number of hydrogen-bond acceptors (Lipinski definition) is 4. The molecule has 0 N–H and O–H groups in total. The van der Waals surface area contributed by atoms with Crippen LogP contribution in [0.1, 0.15) is 44.6 Å². The average Bonchev–Trinajstić information content (AvgIpc) is 2.92. The highest BCUT2D eigenvalue weighted by Gasteiger charge is 2.36. The van der Waals surface area contributed by atoms with Gasteiger partial charge in [-0.1, -0.05) is 43.7 Å². The highest BCUT2D eigenvalue weighted by atomic mass is 16.6. The maximum absolute atomic E-state index is 12.2. The van der Waals surface area contributed by atoms with E-state index in [-0.39, 0.29) is 11.9 Å². The lowest BCUT2D eigenvalue weighted by Gasteiger charge is -2.18. The molecule has 1 aromatic carbocycles. The molecule has 0 aliphatic carbocycles. The summed E-state index contributed by atoms with van der Waals surface area (Å²) < 4.78 is 10.6. The third-order valence-corrected chi connectivity index (χ3v) is 3.89. The number of carbonyl (C=O) groups is 2. The Morgan fingerprint density at radius 1 is 1.30 bits per heavy atom. The van der Waals surface area contributed by atoms with Crippen LogP contribution < -0.4 is 0 Å². The SMILES string of the molecule is CCCC1COC(=O)N1C(=O)CCCCOCc1ccccc1. The van der Waals surface area contributed by atoms with E-state index in [1.165, 1.54) is 4.90 Å². The van der Waals surface area contributed by atoms with Crippen LogP contribution in [-0.2, 0) is 20.9 Å². The van der Waals surface area contributed by atoms with E-state index in [9.17, 15) is 9.59 Å². The third-order valence-electron chi connectivity index (χ3n) is 3.89. The molecular weight excluding hydrogens is 294 g/mol. The predicted molar refractivity (Wildman–Crippen MR) is 86.8 cm³/mol. The molecule has 0 radical (unpaired) electrons. The Kier molecular flexibility index (Phi) is 7.07. The normalized spacial score (nSPS) is 17.3. The number of imide groups is 1. The Labute approximate surface area is 137 Å². The van der Waals surface area contributed by atoms with E-state index < -0.39 is 6.09 Å². The zero-order valence-electron chi connectivity index (χ0n) is 13.7. The number of ether oxygens (including phenoxy) is 2. The molecule has 1 aromatic rings. The smallest absolute Gasteiger partial charge is 0.416 e. The lowest BCUT2D eigenvalue weighted by Crippen LogP contribution is -2.38. The summed E-state index contributed by atoms with van der Waals surface area (Å²) in [7, 11) is 0. The maximum Gasteiger partial charge on any atom is 0.416 e. The van der Waals surface area contributed by atoms with Gasteiger partial charge in [0.1, 0.15) is 6.61 Å². The van der Waals surface area contributed by atoms with Gasteiger partial charge in [-0.25, -0.2) is 9.69 Å². The van der Waals surface area contributed by atoms with Gasteiger partial charge in [-0.05, 0) is 24.8 Å². The first kappa shape index (κ1) is 17.5. The summed E-state index contributed by atoms with van der Waals surface area (Å²) in [6.07, 6.45) is 3.13. The Hall–Kier alpha value is -1.88. The molecule has 5 heteroatoms. The van der Waals surface area contributed by atoms with E-state index in [2.05, 4.69) is 0 Å². The molecule has 0 saturated carbocycles. The zero-order valence-corrected chi connectivity index (χ0v) is 13.7. The van der Waals surface area contributed by atoms with Gasteiger partial charge in [0.05, 0.1) is 12.6 Å². The number of cyclic esters (lactones) is 1. The second-order valence-electron chi connectivity index (χ2n) is 5.78. The number of carbonyl (C=O) groups excluding carboxylic acids is 2. The van der Waals surface area contributed by atoms with Gasteiger partial charge in [-0.3, -0.25) is 4.79 Å². The fourth-order valence-corrected chi connectivity index (χ4v) is 2.68. The standard InChI is InChI=1S/C18H25NO4/c1-2-8-16-14-23-18(21)19(16)17(20)11-6-7-12-22-13-15-9-4-3-5-10-15/h3-5,9-10,16H,2,6-8,11-14H2,1H3. The van der Waals surface area contributed by atoms with Crippen molar-refractivity contribution in [1.82, 2.24) is 4.90 Å². The van der Waals surface area contributed by atoms with Crippen molar-refractivity contribution in [2.75, 3.05) is 13.2 Å². The minimum absolute atomic E-state index is 0.0886. The van der Waals surface area contributed by atoms with Gasteiger partial charge in [0.2, 0.25) is 5.91 Å². The second-order valence-corrected chi connectivity index (χ2v) is 5.78. The van der Waals surface area contributed by atoms with Gasteiger partial charge in [0.25, 0.3) is 0 Å². The quantitative estimate of drug-likeness (QED) is 0.654. The molecule has 1 fully saturated rings. The summed E-state index contributed by atoms with van der Waals surface area (Å²) in [5.74, 6) is -0.131. The number of rotatable bonds is 9. The largest absolute Gasteiger partial charge is 0.447 e. The molecule has 0 aromatic heterocycles. The van der Waals surface area contributed by atoms with Crippen molar-refractivity contribution in [1.29, 1.82) is 0 Å². The topological polar surface area (TPSA) is 55.8 Å². The number of unbranched alkanes of at least 4 members (excludes halogenated alkanes) is 1. The average molecular weight is 319 g/mol. The Bertz CT molecular complexity index is 503. The molecule has 2 rings (SSSR count). The fourth-order valence-electron chi connectivity index (χ4n) is 2.68. The van der Waals surface area contributed by atoms with Crippen LogP contribution in [0.25, 0.3) is 0 Å². The third kappa shape index (κ3) is 5.36. The molecule has 23 heavy (non-hydrogen) atoms. The van der Waals surface area contributed by atoms with E-state index in [1.807, 2.05) is 37.3 Å². The fraction of sp³-hybridized carbons (Fsp3) is 0.556. The van der Waals surface area contributed by atoms with Crippen LogP contribution in [-0.4, -0.2) is 36.2 Å². The molecule has 2 amide bonds. The van der Waals surface area contributed by atoms with Crippen LogP contribution in [0.4, 0.5) is 4.79 Å². The van der Waals surface area contributed by atoms with Crippen molar-refractivity contribution in [2.45, 2.75) is 51.7 Å². The van der Waals surface area contributed by atoms with Crippen molar-refractivity contribution in [3.05, 3.63) is 35.9 Å². The van der Waals surface area contributed by atoms with Crippen molar-refractivity contribution in [2.24, 2.45) is 0 Å². The number of hydrogen-bond donors (Lipinski definition) is 0. The second kappa shape index (κ2) is 9.30. The van der Waals surface area contributed by atoms with Gasteiger partial charge in [-0.15, -0.1) is 0 Å². The van der Waals surface area contributed by atoms with E-state index in [0.717, 1.165) is 31.2 Å². The highest BCUT2D eigenvalue weighted by molar-refractivity contribution is 5.93. The van der Waals surface area contributed by atoms with E-state index >= 15 is 0 Å². The maximum atomic E-state index is 12.2. The Morgan fingerprint density at radius 3 is 2.83 bits per heavy atom. The minimum atomic E-state index is -0.492. The van der Waals surface area contributed by atoms with Gasteiger partial charge < -0.3 is 9.47 Å². The molecule has 1 aliphatic rings. The molecule has 1 heterocycles. The molecular formula is C18H25NO4. The van der Waals surface area contributed by atoms with Crippen LogP contribution in [0.3, 0.4) is 0 Å². The van der Waals surface area contributed by atoms with Crippen molar-refractivity contribution in [3.8, 4) is 0 Å². The molecule has 1 aliphatic heterocycles. The summed E-state index contributed by atoms with van der Waals surface area (Å²) >= 11 is 0. The summed E-state index contributed by atoms with van der Waals surface area (Å²) in [4.78, 5) is 25.1.